The molecule has 0 aliphatic carbocycles. The molecule has 2 atom stereocenters. The number of hydrogen-bond donors (Lipinski definition) is 1. The molecule has 2 aliphatic rings. The fourth-order valence-electron chi connectivity index (χ4n) is 3.88. The fourth-order valence-corrected chi connectivity index (χ4v) is 3.88. The summed E-state index contributed by atoms with van der Waals surface area (Å²) < 4.78 is 13.2. The predicted molar refractivity (Wildman–Crippen MR) is 89.1 cm³/mol. The van der Waals surface area contributed by atoms with Crippen molar-refractivity contribution < 1.29 is 14.0 Å². The van der Waals surface area contributed by atoms with Crippen molar-refractivity contribution in [2.45, 2.75) is 25.3 Å². The third kappa shape index (κ3) is 3.75. The van der Waals surface area contributed by atoms with E-state index in [1.54, 1.807) is 0 Å². The first-order valence-corrected chi connectivity index (χ1v) is 8.56. The SMILES string of the molecule is CN1CC[C@@H]2[C@@H](CCCN2C(=O)CNC(=O)c2cccc(F)c2)C1. The summed E-state index contributed by atoms with van der Waals surface area (Å²) >= 11 is 0. The van der Waals surface area contributed by atoms with Crippen molar-refractivity contribution in [3.05, 3.63) is 35.6 Å². The molecule has 24 heavy (non-hydrogen) atoms. The van der Waals surface area contributed by atoms with Crippen LogP contribution < -0.4 is 5.32 Å². The van der Waals surface area contributed by atoms with Crippen molar-refractivity contribution in [1.29, 1.82) is 0 Å². The van der Waals surface area contributed by atoms with Crippen LogP contribution in [0.3, 0.4) is 0 Å². The van der Waals surface area contributed by atoms with Gasteiger partial charge in [0.05, 0.1) is 6.54 Å². The Balaban J connectivity index is 1.57. The Labute approximate surface area is 141 Å². The number of hydrogen-bond acceptors (Lipinski definition) is 3. The van der Waals surface area contributed by atoms with Crippen molar-refractivity contribution >= 4 is 11.8 Å². The van der Waals surface area contributed by atoms with Gasteiger partial charge in [0.15, 0.2) is 0 Å². The number of carbonyl (C=O) groups excluding carboxylic acids is 2. The first-order chi connectivity index (χ1) is 11.5. The molecule has 2 amide bonds. The maximum atomic E-state index is 13.2. The lowest BCUT2D eigenvalue weighted by atomic mass is 9.84. The summed E-state index contributed by atoms with van der Waals surface area (Å²) in [6.07, 6.45) is 3.16. The van der Waals surface area contributed by atoms with Crippen LogP contribution in [0.2, 0.25) is 0 Å². The summed E-state index contributed by atoms with van der Waals surface area (Å²) in [6, 6.07) is 5.77. The third-order valence-corrected chi connectivity index (χ3v) is 5.08. The van der Waals surface area contributed by atoms with Crippen molar-refractivity contribution in [2.75, 3.05) is 33.2 Å². The summed E-state index contributed by atoms with van der Waals surface area (Å²) in [7, 11) is 2.12. The van der Waals surface area contributed by atoms with E-state index in [2.05, 4.69) is 17.3 Å². The third-order valence-electron chi connectivity index (χ3n) is 5.08. The fraction of sp³-hybridized carbons (Fsp3) is 0.556. The van der Waals surface area contributed by atoms with E-state index in [9.17, 15) is 14.0 Å². The van der Waals surface area contributed by atoms with Gasteiger partial charge in [0.2, 0.25) is 5.91 Å². The minimum Gasteiger partial charge on any atom is -0.343 e. The normalized spacial score (nSPS) is 24.3. The quantitative estimate of drug-likeness (QED) is 0.912. The molecule has 2 fully saturated rings. The van der Waals surface area contributed by atoms with Gasteiger partial charge in [-0.25, -0.2) is 4.39 Å². The second kappa shape index (κ2) is 7.30. The maximum Gasteiger partial charge on any atom is 0.251 e. The highest BCUT2D eigenvalue weighted by atomic mass is 19.1. The van der Waals surface area contributed by atoms with Crippen LogP contribution in [-0.4, -0.2) is 60.9 Å². The Morgan fingerprint density at radius 3 is 2.92 bits per heavy atom. The number of rotatable bonds is 3. The average molecular weight is 333 g/mol. The van der Waals surface area contributed by atoms with E-state index in [0.29, 0.717) is 5.92 Å². The molecule has 130 valence electrons. The van der Waals surface area contributed by atoms with Crippen LogP contribution in [-0.2, 0) is 4.79 Å². The molecule has 0 bridgehead atoms. The number of halogens is 1. The number of nitrogens with zero attached hydrogens (tertiary/aromatic N) is 2. The topological polar surface area (TPSA) is 52.6 Å². The Kier molecular flexibility index (Phi) is 5.14. The molecule has 6 heteroatoms. The van der Waals surface area contributed by atoms with Crippen molar-refractivity contribution in [3.8, 4) is 0 Å². The van der Waals surface area contributed by atoms with Crippen LogP contribution in [0, 0.1) is 11.7 Å². The molecule has 0 spiro atoms. The van der Waals surface area contributed by atoms with Gasteiger partial charge in [0, 0.05) is 24.7 Å². The van der Waals surface area contributed by atoms with Gasteiger partial charge in [-0.05, 0) is 57.0 Å². The molecule has 0 unspecified atom stereocenters. The van der Waals surface area contributed by atoms with Gasteiger partial charge < -0.3 is 15.1 Å². The molecule has 2 heterocycles. The smallest absolute Gasteiger partial charge is 0.251 e. The second-order valence-corrected chi connectivity index (χ2v) is 6.80. The van der Waals surface area contributed by atoms with Crippen LogP contribution in [0.1, 0.15) is 29.6 Å². The van der Waals surface area contributed by atoms with E-state index in [-0.39, 0.29) is 24.1 Å². The highest BCUT2D eigenvalue weighted by molar-refractivity contribution is 5.96. The van der Waals surface area contributed by atoms with E-state index in [0.717, 1.165) is 38.9 Å². The van der Waals surface area contributed by atoms with Crippen molar-refractivity contribution in [3.63, 3.8) is 0 Å². The number of carbonyl (C=O) groups is 2. The van der Waals surface area contributed by atoms with E-state index in [1.807, 2.05) is 4.90 Å². The van der Waals surface area contributed by atoms with Crippen LogP contribution in [0.4, 0.5) is 4.39 Å². The summed E-state index contributed by atoms with van der Waals surface area (Å²) in [5, 5.41) is 2.62. The average Bonchev–Trinajstić information content (AvgIpc) is 2.58. The molecular weight excluding hydrogens is 309 g/mol. The van der Waals surface area contributed by atoms with E-state index in [1.165, 1.54) is 24.3 Å². The molecule has 5 nitrogen and oxygen atoms in total. The summed E-state index contributed by atoms with van der Waals surface area (Å²) in [4.78, 5) is 28.9. The largest absolute Gasteiger partial charge is 0.343 e. The number of benzene rings is 1. The van der Waals surface area contributed by atoms with Gasteiger partial charge >= 0.3 is 0 Å². The summed E-state index contributed by atoms with van der Waals surface area (Å²) in [5.74, 6) is -0.390. The van der Waals surface area contributed by atoms with Crippen LogP contribution >= 0.6 is 0 Å². The van der Waals surface area contributed by atoms with Crippen molar-refractivity contribution in [2.24, 2.45) is 5.92 Å². The Hall–Kier alpha value is -1.95. The first kappa shape index (κ1) is 16.9. The Bertz CT molecular complexity index is 622. The van der Waals surface area contributed by atoms with Crippen molar-refractivity contribution in [1.82, 2.24) is 15.1 Å². The Morgan fingerprint density at radius 2 is 2.12 bits per heavy atom. The van der Waals surface area contributed by atoms with E-state index < -0.39 is 11.7 Å². The lowest BCUT2D eigenvalue weighted by molar-refractivity contribution is -0.137. The lowest BCUT2D eigenvalue weighted by Crippen LogP contribution is -2.56. The monoisotopic (exact) mass is 333 g/mol. The first-order valence-electron chi connectivity index (χ1n) is 8.56. The molecular formula is C18H24FN3O2. The molecule has 2 aliphatic heterocycles. The highest BCUT2D eigenvalue weighted by Crippen LogP contribution is 2.30. The van der Waals surface area contributed by atoms with Gasteiger partial charge in [0.1, 0.15) is 5.82 Å². The van der Waals surface area contributed by atoms with Gasteiger partial charge in [0.25, 0.3) is 5.91 Å². The van der Waals surface area contributed by atoms with E-state index in [4.69, 9.17) is 0 Å². The molecule has 0 aromatic heterocycles. The molecule has 3 rings (SSSR count). The van der Waals surface area contributed by atoms with Gasteiger partial charge in [-0.1, -0.05) is 6.07 Å². The van der Waals surface area contributed by atoms with Gasteiger partial charge in [-0.15, -0.1) is 0 Å². The highest BCUT2D eigenvalue weighted by Gasteiger charge is 2.37. The van der Waals surface area contributed by atoms with E-state index >= 15 is 0 Å². The molecule has 2 saturated heterocycles. The number of nitrogens with one attached hydrogen (secondary N) is 1. The van der Waals surface area contributed by atoms with Crippen LogP contribution in [0.15, 0.2) is 24.3 Å². The zero-order valence-corrected chi connectivity index (χ0v) is 14.0. The van der Waals surface area contributed by atoms with Gasteiger partial charge in [-0.2, -0.15) is 0 Å². The standard InChI is InChI=1S/C18H24FN3O2/c1-21-9-7-16-14(12-21)5-3-8-22(16)17(23)11-20-18(24)13-4-2-6-15(19)10-13/h2,4,6,10,14,16H,3,5,7-9,11-12H2,1H3,(H,20,24)/t14-,16+/m0/s1. The lowest BCUT2D eigenvalue weighted by Gasteiger charge is -2.46. The number of amides is 2. The molecule has 1 aromatic rings. The number of fused-ring (bicyclic) bond motifs is 1. The second-order valence-electron chi connectivity index (χ2n) is 6.80. The summed E-state index contributed by atoms with van der Waals surface area (Å²) in [6.45, 7) is 2.76. The number of piperidine rings is 2. The zero-order valence-electron chi connectivity index (χ0n) is 14.0. The molecule has 0 saturated carbocycles. The molecule has 0 radical (unpaired) electrons. The summed E-state index contributed by atoms with van der Waals surface area (Å²) in [5.41, 5.74) is 0.235. The minimum atomic E-state index is -0.459. The zero-order chi connectivity index (χ0) is 17.1. The molecule has 1 aromatic carbocycles. The van der Waals surface area contributed by atoms with Gasteiger partial charge in [-0.3, -0.25) is 9.59 Å². The molecule has 1 N–H and O–H groups in total. The van der Waals surface area contributed by atoms with Crippen LogP contribution in [0.5, 0.6) is 0 Å². The Morgan fingerprint density at radius 1 is 1.29 bits per heavy atom. The van der Waals surface area contributed by atoms with Crippen LogP contribution in [0.25, 0.3) is 0 Å². The predicted octanol–water partition coefficient (Wildman–Crippen LogP) is 1.50. The number of likely N-dealkylation sites (tertiary alicyclic amines) is 2. The minimum absolute atomic E-state index is 0.0333. The maximum absolute atomic E-state index is 13.2.